The molecule has 174 valence electrons. The highest BCUT2D eigenvalue weighted by Gasteiger charge is 2.13. The number of aromatic nitrogens is 2. The van der Waals surface area contributed by atoms with Gasteiger partial charge in [0.1, 0.15) is 13.2 Å². The first-order chi connectivity index (χ1) is 15.7. The van der Waals surface area contributed by atoms with Crippen molar-refractivity contribution in [1.82, 2.24) is 9.97 Å². The molecule has 10 heteroatoms. The van der Waals surface area contributed by atoms with Crippen molar-refractivity contribution >= 4 is 11.9 Å². The number of pyridine rings is 2. The Labute approximate surface area is 186 Å². The molecular weight excluding hydrogens is 420 g/mol. The lowest BCUT2D eigenvalue weighted by atomic mass is 10.1. The maximum atomic E-state index is 12.3. The topological polar surface area (TPSA) is 115 Å². The van der Waals surface area contributed by atoms with Crippen molar-refractivity contribution in [3.8, 4) is 11.4 Å². The van der Waals surface area contributed by atoms with Crippen LogP contribution in [0.3, 0.4) is 0 Å². The number of esters is 2. The molecule has 0 spiro atoms. The summed E-state index contributed by atoms with van der Waals surface area (Å²) < 4.78 is 30.6. The summed E-state index contributed by atoms with van der Waals surface area (Å²) in [5, 5.41) is 0. The molecule has 0 N–H and O–H groups in total. The standard InChI is InChI=1S/C22H28N2O8/c1-27-7-9-29-11-13-31-21(25)17-3-5-23-19(15-17)20-16-18(4-6-24-20)22(26)32-14-12-30-10-8-28-2/h3-6,15-16H,7-14H2,1-2H3. The van der Waals surface area contributed by atoms with Gasteiger partial charge in [-0.05, 0) is 24.3 Å². The van der Waals surface area contributed by atoms with Crippen LogP contribution >= 0.6 is 0 Å². The predicted octanol–water partition coefficient (Wildman–Crippen LogP) is 1.78. The van der Waals surface area contributed by atoms with Crippen molar-refractivity contribution in [3.05, 3.63) is 47.8 Å². The van der Waals surface area contributed by atoms with Gasteiger partial charge in [-0.2, -0.15) is 0 Å². The van der Waals surface area contributed by atoms with E-state index in [9.17, 15) is 9.59 Å². The third-order valence-electron chi connectivity index (χ3n) is 4.04. The highest BCUT2D eigenvalue weighted by atomic mass is 16.6. The third-order valence-corrected chi connectivity index (χ3v) is 4.04. The summed E-state index contributed by atoms with van der Waals surface area (Å²) in [6, 6.07) is 6.18. The molecule has 2 heterocycles. The van der Waals surface area contributed by atoms with Gasteiger partial charge in [0, 0.05) is 26.6 Å². The minimum absolute atomic E-state index is 0.120. The Hall–Kier alpha value is -2.92. The average Bonchev–Trinajstić information content (AvgIpc) is 2.83. The van der Waals surface area contributed by atoms with Gasteiger partial charge >= 0.3 is 11.9 Å². The van der Waals surface area contributed by atoms with E-state index in [2.05, 4.69) is 9.97 Å². The van der Waals surface area contributed by atoms with Crippen LogP contribution in [0.5, 0.6) is 0 Å². The number of hydrogen-bond acceptors (Lipinski definition) is 10. The third kappa shape index (κ3) is 9.06. The van der Waals surface area contributed by atoms with Crippen LogP contribution < -0.4 is 0 Å². The summed E-state index contributed by atoms with van der Waals surface area (Å²) in [6.45, 7) is 2.60. The Morgan fingerprint density at radius 2 is 1.06 bits per heavy atom. The lowest BCUT2D eigenvalue weighted by Gasteiger charge is -2.08. The van der Waals surface area contributed by atoms with Gasteiger partial charge in [-0.1, -0.05) is 0 Å². The predicted molar refractivity (Wildman–Crippen MR) is 113 cm³/mol. The average molecular weight is 448 g/mol. The maximum absolute atomic E-state index is 12.3. The van der Waals surface area contributed by atoms with Gasteiger partial charge in [-0.15, -0.1) is 0 Å². The number of hydrogen-bond donors (Lipinski definition) is 0. The van der Waals surface area contributed by atoms with Gasteiger partial charge < -0.3 is 28.4 Å². The zero-order chi connectivity index (χ0) is 23.0. The second-order valence-corrected chi connectivity index (χ2v) is 6.34. The molecule has 0 bridgehead atoms. The molecule has 2 aromatic rings. The van der Waals surface area contributed by atoms with Crippen molar-refractivity contribution in [2.24, 2.45) is 0 Å². The number of carbonyl (C=O) groups is 2. The van der Waals surface area contributed by atoms with Crippen molar-refractivity contribution in [2.45, 2.75) is 0 Å². The molecule has 0 aliphatic rings. The van der Waals surface area contributed by atoms with Crippen molar-refractivity contribution in [1.29, 1.82) is 0 Å². The van der Waals surface area contributed by atoms with Crippen molar-refractivity contribution in [2.75, 3.05) is 67.1 Å². The van der Waals surface area contributed by atoms with E-state index in [-0.39, 0.29) is 26.4 Å². The minimum Gasteiger partial charge on any atom is -0.460 e. The van der Waals surface area contributed by atoms with Crippen LogP contribution in [0.4, 0.5) is 0 Å². The first-order valence-electron chi connectivity index (χ1n) is 10.1. The molecule has 32 heavy (non-hydrogen) atoms. The van der Waals surface area contributed by atoms with E-state index in [1.807, 2.05) is 0 Å². The lowest BCUT2D eigenvalue weighted by Crippen LogP contribution is -2.13. The first-order valence-corrected chi connectivity index (χ1v) is 10.1. The summed E-state index contributed by atoms with van der Waals surface area (Å²) >= 11 is 0. The Morgan fingerprint density at radius 3 is 1.47 bits per heavy atom. The largest absolute Gasteiger partial charge is 0.460 e. The fourth-order valence-electron chi connectivity index (χ4n) is 2.44. The van der Waals surface area contributed by atoms with E-state index >= 15 is 0 Å². The van der Waals surface area contributed by atoms with E-state index in [1.54, 1.807) is 38.5 Å². The Kier molecular flexibility index (Phi) is 11.9. The molecule has 0 unspecified atom stereocenters. The van der Waals surface area contributed by atoms with Gasteiger partial charge in [0.2, 0.25) is 0 Å². The summed E-state index contributed by atoms with van der Waals surface area (Å²) in [5.41, 5.74) is 1.48. The molecule has 0 saturated heterocycles. The second kappa shape index (κ2) is 15.0. The molecule has 0 amide bonds. The SMILES string of the molecule is COCCOCCOC(=O)c1ccnc(-c2cc(C(=O)OCCOCCOC)ccn2)c1. The Bertz CT molecular complexity index is 777. The molecule has 0 atom stereocenters. The smallest absolute Gasteiger partial charge is 0.338 e. The summed E-state index contributed by atoms with van der Waals surface area (Å²) in [4.78, 5) is 33.0. The number of methoxy groups -OCH3 is 2. The van der Waals surface area contributed by atoms with Crippen LogP contribution in [0.15, 0.2) is 36.7 Å². The second-order valence-electron chi connectivity index (χ2n) is 6.34. The zero-order valence-electron chi connectivity index (χ0n) is 18.3. The molecule has 2 rings (SSSR count). The Balaban J connectivity index is 1.90. The molecule has 0 aromatic carbocycles. The quantitative estimate of drug-likeness (QED) is 0.295. The number of ether oxygens (including phenoxy) is 6. The molecule has 10 nitrogen and oxygen atoms in total. The van der Waals surface area contributed by atoms with Crippen LogP contribution in [0.1, 0.15) is 20.7 Å². The van der Waals surface area contributed by atoms with Crippen molar-refractivity contribution < 1.29 is 38.0 Å². The van der Waals surface area contributed by atoms with E-state index in [0.29, 0.717) is 48.9 Å². The molecule has 0 radical (unpaired) electrons. The first kappa shape index (κ1) is 25.3. The number of carbonyl (C=O) groups excluding carboxylic acids is 2. The Morgan fingerprint density at radius 1 is 0.656 bits per heavy atom. The van der Waals surface area contributed by atoms with Crippen LogP contribution in [0.2, 0.25) is 0 Å². The van der Waals surface area contributed by atoms with Gasteiger partial charge in [-0.25, -0.2) is 9.59 Å². The lowest BCUT2D eigenvalue weighted by molar-refractivity contribution is 0.0209. The zero-order valence-corrected chi connectivity index (χ0v) is 18.3. The van der Waals surface area contributed by atoms with Gasteiger partial charge in [0.05, 0.1) is 62.2 Å². The van der Waals surface area contributed by atoms with E-state index in [4.69, 9.17) is 28.4 Å². The molecule has 0 aliphatic carbocycles. The molecular formula is C22H28N2O8. The van der Waals surface area contributed by atoms with Crippen LogP contribution in [0.25, 0.3) is 11.4 Å². The molecule has 0 fully saturated rings. The normalized spacial score (nSPS) is 10.7. The maximum Gasteiger partial charge on any atom is 0.338 e. The summed E-state index contributed by atoms with van der Waals surface area (Å²) in [7, 11) is 3.16. The minimum atomic E-state index is -0.506. The summed E-state index contributed by atoms with van der Waals surface area (Å²) in [6.07, 6.45) is 2.95. The monoisotopic (exact) mass is 448 g/mol. The van der Waals surface area contributed by atoms with Gasteiger partial charge in [0.15, 0.2) is 0 Å². The van der Waals surface area contributed by atoms with E-state index in [0.717, 1.165) is 0 Å². The van der Waals surface area contributed by atoms with Gasteiger partial charge in [-0.3, -0.25) is 9.97 Å². The van der Waals surface area contributed by atoms with E-state index < -0.39 is 11.9 Å². The number of nitrogens with zero attached hydrogens (tertiary/aromatic N) is 2. The van der Waals surface area contributed by atoms with E-state index in [1.165, 1.54) is 12.4 Å². The van der Waals surface area contributed by atoms with Crippen molar-refractivity contribution in [3.63, 3.8) is 0 Å². The van der Waals surface area contributed by atoms with Crippen LogP contribution in [0, 0.1) is 0 Å². The summed E-state index contributed by atoms with van der Waals surface area (Å²) in [5.74, 6) is -1.01. The van der Waals surface area contributed by atoms with Gasteiger partial charge in [0.25, 0.3) is 0 Å². The highest BCUT2D eigenvalue weighted by Crippen LogP contribution is 2.18. The molecule has 0 aliphatic heterocycles. The highest BCUT2D eigenvalue weighted by molar-refractivity contribution is 5.92. The fourth-order valence-corrected chi connectivity index (χ4v) is 2.44. The molecule has 0 saturated carbocycles. The van der Waals surface area contributed by atoms with Crippen LogP contribution in [-0.2, 0) is 28.4 Å². The molecule has 2 aromatic heterocycles. The van der Waals surface area contributed by atoms with Crippen LogP contribution in [-0.4, -0.2) is 89.0 Å². The number of rotatable bonds is 15. The fraction of sp³-hybridized carbons (Fsp3) is 0.455.